The lowest BCUT2D eigenvalue weighted by atomic mass is 10.3. The van der Waals surface area contributed by atoms with Crippen molar-refractivity contribution in [1.82, 2.24) is 9.80 Å². The quantitative estimate of drug-likeness (QED) is 0.343. The lowest BCUT2D eigenvalue weighted by molar-refractivity contribution is -0.312. The molecule has 0 aliphatic rings. The molecule has 0 aliphatic carbocycles. The lowest BCUT2D eigenvalue weighted by Gasteiger charge is -2.23. The van der Waals surface area contributed by atoms with E-state index in [0.717, 1.165) is 0 Å². The monoisotopic (exact) mass is 342 g/mol. The molecule has 0 fully saturated rings. The highest BCUT2D eigenvalue weighted by Gasteiger charge is 2.14. The number of amides is 2. The van der Waals surface area contributed by atoms with Crippen LogP contribution in [-0.4, -0.2) is 71.7 Å². The van der Waals surface area contributed by atoms with Gasteiger partial charge in [-0.1, -0.05) is 0 Å². The first-order valence-corrected chi connectivity index (χ1v) is 6.08. The average Bonchev–Trinajstić information content (AvgIpc) is 2.40. The molecule has 12 heteroatoms. The number of carboxylic acid groups (broad SMARTS) is 4. The third-order valence-corrected chi connectivity index (χ3v) is 2.27. The predicted octanol–water partition coefficient (Wildman–Crippen LogP) is -7.80. The summed E-state index contributed by atoms with van der Waals surface area (Å²) in [5, 5.41) is 41.7. The first kappa shape index (κ1) is 20.6. The van der Waals surface area contributed by atoms with Crippen molar-refractivity contribution in [3.63, 3.8) is 0 Å². The first-order chi connectivity index (χ1) is 11.0. The van der Waals surface area contributed by atoms with Crippen molar-refractivity contribution >= 4 is 35.7 Å². The third-order valence-electron chi connectivity index (χ3n) is 2.27. The Balaban J connectivity index is 5.07. The maximum atomic E-state index is 11.6. The lowest BCUT2D eigenvalue weighted by Crippen LogP contribution is -2.47. The molecule has 0 bridgehead atoms. The summed E-state index contributed by atoms with van der Waals surface area (Å²) in [4.78, 5) is 65.4. The fraction of sp³-hybridized carbons (Fsp3) is 0.333. The van der Waals surface area contributed by atoms with Crippen molar-refractivity contribution in [3.8, 4) is 0 Å². The molecule has 0 heterocycles. The van der Waals surface area contributed by atoms with Crippen LogP contribution in [0, 0.1) is 0 Å². The molecule has 0 saturated heterocycles. The van der Waals surface area contributed by atoms with Crippen molar-refractivity contribution in [3.05, 3.63) is 12.2 Å². The average molecular weight is 342 g/mol. The van der Waals surface area contributed by atoms with E-state index in [4.69, 9.17) is 0 Å². The van der Waals surface area contributed by atoms with Crippen molar-refractivity contribution in [2.45, 2.75) is 0 Å². The number of carbonyl (C=O) groups is 6. The number of rotatable bonds is 10. The van der Waals surface area contributed by atoms with Crippen LogP contribution < -0.4 is 20.4 Å². The van der Waals surface area contributed by atoms with Gasteiger partial charge in [0.15, 0.2) is 0 Å². The van der Waals surface area contributed by atoms with Gasteiger partial charge in [0, 0.05) is 12.2 Å². The molecule has 132 valence electrons. The largest absolute Gasteiger partial charge is 0.548 e. The molecule has 0 spiro atoms. The molecule has 0 N–H and O–H groups in total. The molecule has 0 rings (SSSR count). The maximum Gasteiger partial charge on any atom is 0.247 e. The van der Waals surface area contributed by atoms with E-state index >= 15 is 0 Å². The molecule has 0 aromatic heterocycles. The molecule has 0 aliphatic heterocycles. The summed E-state index contributed by atoms with van der Waals surface area (Å²) >= 11 is 0. The maximum absolute atomic E-state index is 11.6. The summed E-state index contributed by atoms with van der Waals surface area (Å²) in [7, 11) is 0. The highest BCUT2D eigenvalue weighted by molar-refractivity contribution is 5.99. The fourth-order valence-electron chi connectivity index (χ4n) is 1.40. The van der Waals surface area contributed by atoms with Crippen LogP contribution in [0.5, 0.6) is 0 Å². The topological polar surface area (TPSA) is 201 Å². The SMILES string of the molecule is O=C([O-])CN(CC(=O)[O-])C(=O)/C=C\C(=O)N(CC(=O)[O-])CC(=O)[O-]. The molecular formula is C12H10N2O10-4. The summed E-state index contributed by atoms with van der Waals surface area (Å²) < 4.78 is 0. The Bertz CT molecular complexity index is 500. The van der Waals surface area contributed by atoms with E-state index in [0.29, 0.717) is 12.2 Å². The summed E-state index contributed by atoms with van der Waals surface area (Å²) in [6, 6.07) is 0. The van der Waals surface area contributed by atoms with Crippen LogP contribution in [0.2, 0.25) is 0 Å². The number of carbonyl (C=O) groups excluding carboxylic acids is 6. The van der Waals surface area contributed by atoms with E-state index in [-0.39, 0.29) is 9.80 Å². The third kappa shape index (κ3) is 8.76. The minimum atomic E-state index is -1.78. The van der Waals surface area contributed by atoms with Crippen LogP contribution in [0.15, 0.2) is 12.2 Å². The molecule has 0 radical (unpaired) electrons. The van der Waals surface area contributed by atoms with E-state index < -0.39 is 61.9 Å². The van der Waals surface area contributed by atoms with Crippen molar-refractivity contribution in [1.29, 1.82) is 0 Å². The highest BCUT2D eigenvalue weighted by Crippen LogP contribution is 1.95. The molecule has 2 amide bonds. The van der Waals surface area contributed by atoms with Gasteiger partial charge in [-0.05, 0) is 0 Å². The van der Waals surface area contributed by atoms with Crippen molar-refractivity contribution < 1.29 is 49.2 Å². The van der Waals surface area contributed by atoms with Gasteiger partial charge in [-0.25, -0.2) is 0 Å². The van der Waals surface area contributed by atoms with Crippen molar-refractivity contribution in [2.24, 2.45) is 0 Å². The Morgan fingerprint density at radius 1 is 0.542 bits per heavy atom. The molecule has 0 aromatic rings. The molecule has 24 heavy (non-hydrogen) atoms. The Morgan fingerprint density at radius 3 is 0.917 bits per heavy atom. The van der Waals surface area contributed by atoms with Crippen LogP contribution >= 0.6 is 0 Å². The first-order valence-electron chi connectivity index (χ1n) is 6.08. The fourth-order valence-corrected chi connectivity index (χ4v) is 1.40. The normalized spacial score (nSPS) is 10.2. The van der Waals surface area contributed by atoms with E-state index in [1.54, 1.807) is 0 Å². The van der Waals surface area contributed by atoms with Gasteiger partial charge in [-0.15, -0.1) is 0 Å². The van der Waals surface area contributed by atoms with E-state index in [9.17, 15) is 49.2 Å². The Kier molecular flexibility index (Phi) is 8.18. The van der Waals surface area contributed by atoms with Gasteiger partial charge in [0.25, 0.3) is 0 Å². The zero-order chi connectivity index (χ0) is 18.9. The Morgan fingerprint density at radius 2 is 0.750 bits per heavy atom. The number of carboxylic acids is 4. The number of hydrogen-bond donors (Lipinski definition) is 0. The summed E-state index contributed by atoms with van der Waals surface area (Å²) in [6.45, 7) is -4.42. The van der Waals surface area contributed by atoms with Crippen LogP contribution in [0.1, 0.15) is 0 Å². The van der Waals surface area contributed by atoms with Crippen LogP contribution in [-0.2, 0) is 28.8 Å². The number of nitrogens with zero attached hydrogens (tertiary/aromatic N) is 2. The zero-order valence-electron chi connectivity index (χ0n) is 12.0. The Labute approximate surface area is 134 Å². The summed E-state index contributed by atoms with van der Waals surface area (Å²) in [5.74, 6) is -9.59. The smallest absolute Gasteiger partial charge is 0.247 e. The van der Waals surface area contributed by atoms with Gasteiger partial charge < -0.3 is 49.4 Å². The predicted molar refractivity (Wildman–Crippen MR) is 62.3 cm³/mol. The standard InChI is InChI=1S/C12H14N2O10/c15-7(13(3-9(17)18)4-10(19)20)1-2-8(16)14(5-11(21)22)6-12(23)24/h1-2H,3-6H2,(H,17,18)(H,19,20)(H,21,22)(H,23,24)/p-4/b2-1-. The van der Waals surface area contributed by atoms with E-state index in [1.807, 2.05) is 0 Å². The minimum absolute atomic E-state index is 0.260. The zero-order valence-corrected chi connectivity index (χ0v) is 12.0. The van der Waals surface area contributed by atoms with Gasteiger partial charge in [-0.3, -0.25) is 9.59 Å². The van der Waals surface area contributed by atoms with Gasteiger partial charge >= 0.3 is 0 Å². The summed E-state index contributed by atoms with van der Waals surface area (Å²) in [5.41, 5.74) is 0. The van der Waals surface area contributed by atoms with Crippen LogP contribution in [0.25, 0.3) is 0 Å². The molecular weight excluding hydrogens is 332 g/mol. The number of hydrogen-bond acceptors (Lipinski definition) is 10. The second-order valence-electron chi connectivity index (χ2n) is 4.21. The second kappa shape index (κ2) is 9.55. The van der Waals surface area contributed by atoms with Crippen LogP contribution in [0.3, 0.4) is 0 Å². The van der Waals surface area contributed by atoms with E-state index in [1.165, 1.54) is 0 Å². The molecule has 12 nitrogen and oxygen atoms in total. The van der Waals surface area contributed by atoms with Gasteiger partial charge in [0.2, 0.25) is 11.8 Å². The van der Waals surface area contributed by atoms with Gasteiger partial charge in [-0.2, -0.15) is 0 Å². The highest BCUT2D eigenvalue weighted by atomic mass is 16.4. The Hall–Kier alpha value is -3.44. The van der Waals surface area contributed by atoms with E-state index in [2.05, 4.69) is 0 Å². The van der Waals surface area contributed by atoms with Crippen molar-refractivity contribution in [2.75, 3.05) is 26.2 Å². The van der Waals surface area contributed by atoms with Gasteiger partial charge in [0.05, 0.1) is 50.1 Å². The minimum Gasteiger partial charge on any atom is -0.548 e. The second-order valence-corrected chi connectivity index (χ2v) is 4.21. The molecule has 0 saturated carbocycles. The van der Waals surface area contributed by atoms with Crippen LogP contribution in [0.4, 0.5) is 0 Å². The van der Waals surface area contributed by atoms with Gasteiger partial charge in [0.1, 0.15) is 0 Å². The molecule has 0 aromatic carbocycles. The molecule has 0 unspecified atom stereocenters. The summed E-state index contributed by atoms with van der Waals surface area (Å²) in [6.07, 6.45) is 0.873. The molecule has 0 atom stereocenters. The number of aliphatic carboxylic acids is 4.